The Bertz CT molecular complexity index is 450. The van der Waals surface area contributed by atoms with Crippen LogP contribution in [0.2, 0.25) is 0 Å². The molecule has 0 aromatic carbocycles. The molecule has 1 aliphatic heterocycles. The smallest absolute Gasteiger partial charge is 0.159 e. The van der Waals surface area contributed by atoms with Crippen LogP contribution in [-0.4, -0.2) is 19.2 Å². The van der Waals surface area contributed by atoms with E-state index in [2.05, 4.69) is 4.98 Å². The number of aromatic nitrogens is 1. The van der Waals surface area contributed by atoms with Gasteiger partial charge in [-0.25, -0.2) is 13.4 Å². The summed E-state index contributed by atoms with van der Waals surface area (Å²) in [4.78, 5) is 5.13. The van der Waals surface area contributed by atoms with E-state index in [1.807, 2.05) is 6.92 Å². The standard InChI is InChI=1S/C9H14N2O2S2/c1-6(10)7-5-11-9(14-7)8-3-2-4-15(8,12)13/h5-6,8H,2-4,10H2,1H3. The molecule has 0 radical (unpaired) electrons. The van der Waals surface area contributed by atoms with E-state index in [9.17, 15) is 8.42 Å². The van der Waals surface area contributed by atoms with E-state index >= 15 is 0 Å². The molecule has 2 N–H and O–H groups in total. The van der Waals surface area contributed by atoms with Crippen molar-refractivity contribution in [1.82, 2.24) is 4.98 Å². The van der Waals surface area contributed by atoms with Crippen LogP contribution >= 0.6 is 11.3 Å². The topological polar surface area (TPSA) is 73.0 Å². The summed E-state index contributed by atoms with van der Waals surface area (Å²) in [7, 11) is -2.95. The molecule has 0 bridgehead atoms. The molecule has 1 saturated heterocycles. The molecule has 0 spiro atoms. The number of thiazole rings is 1. The van der Waals surface area contributed by atoms with Gasteiger partial charge in [-0.1, -0.05) is 0 Å². The molecule has 0 saturated carbocycles. The summed E-state index contributed by atoms with van der Waals surface area (Å²) < 4.78 is 23.4. The van der Waals surface area contributed by atoms with Crippen LogP contribution < -0.4 is 5.73 Å². The summed E-state index contributed by atoms with van der Waals surface area (Å²) in [6.07, 6.45) is 3.15. The molecule has 2 heterocycles. The molecular formula is C9H14N2O2S2. The van der Waals surface area contributed by atoms with Crippen LogP contribution in [0.4, 0.5) is 0 Å². The van der Waals surface area contributed by atoms with Gasteiger partial charge in [0.25, 0.3) is 0 Å². The molecule has 6 heteroatoms. The fourth-order valence-corrected chi connectivity index (χ4v) is 4.95. The zero-order valence-corrected chi connectivity index (χ0v) is 10.1. The highest BCUT2D eigenvalue weighted by Gasteiger charge is 2.34. The van der Waals surface area contributed by atoms with Gasteiger partial charge < -0.3 is 5.73 Å². The number of nitrogens with two attached hydrogens (primary N) is 1. The van der Waals surface area contributed by atoms with Gasteiger partial charge >= 0.3 is 0 Å². The Balaban J connectivity index is 2.30. The first-order valence-electron chi connectivity index (χ1n) is 4.93. The molecule has 1 fully saturated rings. The van der Waals surface area contributed by atoms with Crippen molar-refractivity contribution in [2.45, 2.75) is 31.1 Å². The van der Waals surface area contributed by atoms with E-state index in [0.29, 0.717) is 17.2 Å². The summed E-state index contributed by atoms with van der Waals surface area (Å²) in [5.74, 6) is 0.296. The number of hydrogen-bond acceptors (Lipinski definition) is 5. The summed E-state index contributed by atoms with van der Waals surface area (Å²) in [5.41, 5.74) is 5.71. The highest BCUT2D eigenvalue weighted by molar-refractivity contribution is 7.92. The average Bonchev–Trinajstić information content (AvgIpc) is 2.69. The third-order valence-corrected chi connectivity index (χ3v) is 6.24. The highest BCUT2D eigenvalue weighted by Crippen LogP contribution is 2.37. The van der Waals surface area contributed by atoms with E-state index in [1.54, 1.807) is 6.20 Å². The summed E-state index contributed by atoms with van der Waals surface area (Å²) in [6, 6.07) is -0.0691. The predicted molar refractivity (Wildman–Crippen MR) is 60.5 cm³/mol. The van der Waals surface area contributed by atoms with E-state index in [4.69, 9.17) is 5.73 Å². The normalized spacial score (nSPS) is 26.7. The Kier molecular flexibility index (Phi) is 2.83. The van der Waals surface area contributed by atoms with Gasteiger partial charge in [-0.2, -0.15) is 0 Å². The Morgan fingerprint density at radius 3 is 2.87 bits per heavy atom. The van der Waals surface area contributed by atoms with Crippen molar-refractivity contribution in [2.75, 3.05) is 5.75 Å². The molecule has 2 unspecified atom stereocenters. The van der Waals surface area contributed by atoms with Gasteiger partial charge in [0.05, 0.1) is 5.75 Å². The van der Waals surface area contributed by atoms with Crippen molar-refractivity contribution in [3.63, 3.8) is 0 Å². The summed E-state index contributed by atoms with van der Waals surface area (Å²) in [5, 5.41) is 0.329. The number of rotatable bonds is 2. The SMILES string of the molecule is CC(N)c1cnc(C2CCCS2(=O)=O)s1. The summed E-state index contributed by atoms with van der Waals surface area (Å²) in [6.45, 7) is 1.88. The zero-order valence-electron chi connectivity index (χ0n) is 8.51. The second kappa shape index (κ2) is 3.84. The van der Waals surface area contributed by atoms with Crippen LogP contribution in [0.25, 0.3) is 0 Å². The van der Waals surface area contributed by atoms with Crippen LogP contribution in [0.1, 0.15) is 40.9 Å². The van der Waals surface area contributed by atoms with E-state index < -0.39 is 9.84 Å². The number of nitrogens with zero attached hydrogens (tertiary/aromatic N) is 1. The number of sulfone groups is 1. The minimum absolute atomic E-state index is 0.0691. The molecule has 1 aliphatic rings. The molecule has 4 nitrogen and oxygen atoms in total. The Morgan fingerprint density at radius 1 is 1.67 bits per heavy atom. The third-order valence-electron chi connectivity index (χ3n) is 2.59. The van der Waals surface area contributed by atoms with Crippen LogP contribution in [-0.2, 0) is 9.84 Å². The molecular weight excluding hydrogens is 232 g/mol. The lowest BCUT2D eigenvalue weighted by Crippen LogP contribution is -2.07. The van der Waals surface area contributed by atoms with E-state index in [0.717, 1.165) is 11.3 Å². The molecule has 84 valence electrons. The maximum atomic E-state index is 11.7. The second-order valence-corrected chi connectivity index (χ2v) is 7.28. The fraction of sp³-hybridized carbons (Fsp3) is 0.667. The Morgan fingerprint density at radius 2 is 2.40 bits per heavy atom. The molecule has 1 aromatic heterocycles. The van der Waals surface area contributed by atoms with E-state index in [-0.39, 0.29) is 11.3 Å². The molecule has 1 aromatic rings. The maximum absolute atomic E-state index is 11.7. The second-order valence-electron chi connectivity index (χ2n) is 3.89. The zero-order chi connectivity index (χ0) is 11.1. The van der Waals surface area contributed by atoms with Crippen LogP contribution in [0, 0.1) is 0 Å². The predicted octanol–water partition coefficient (Wildman–Crippen LogP) is 1.41. The van der Waals surface area contributed by atoms with Gasteiger partial charge in [0, 0.05) is 17.1 Å². The first kappa shape index (κ1) is 11.0. The Labute approximate surface area is 93.4 Å². The van der Waals surface area contributed by atoms with Crippen LogP contribution in [0.3, 0.4) is 0 Å². The largest absolute Gasteiger partial charge is 0.323 e. The first-order valence-corrected chi connectivity index (χ1v) is 7.46. The molecule has 2 rings (SSSR count). The van der Waals surface area contributed by atoms with Crippen molar-refractivity contribution in [3.05, 3.63) is 16.1 Å². The summed E-state index contributed by atoms with van der Waals surface area (Å²) >= 11 is 1.43. The van der Waals surface area contributed by atoms with Gasteiger partial charge in [0.15, 0.2) is 9.84 Å². The van der Waals surface area contributed by atoms with Crippen LogP contribution in [0.15, 0.2) is 6.20 Å². The van der Waals surface area contributed by atoms with Crippen molar-refractivity contribution in [1.29, 1.82) is 0 Å². The lowest BCUT2D eigenvalue weighted by atomic mass is 10.3. The lowest BCUT2D eigenvalue weighted by molar-refractivity contribution is 0.592. The van der Waals surface area contributed by atoms with Crippen molar-refractivity contribution < 1.29 is 8.42 Å². The fourth-order valence-electron chi connectivity index (χ4n) is 1.73. The maximum Gasteiger partial charge on any atom is 0.159 e. The monoisotopic (exact) mass is 246 g/mol. The van der Waals surface area contributed by atoms with Gasteiger partial charge in [0.2, 0.25) is 0 Å². The minimum atomic E-state index is -2.95. The van der Waals surface area contributed by atoms with Crippen molar-refractivity contribution in [2.24, 2.45) is 5.73 Å². The van der Waals surface area contributed by atoms with Gasteiger partial charge in [-0.15, -0.1) is 11.3 Å². The van der Waals surface area contributed by atoms with E-state index in [1.165, 1.54) is 11.3 Å². The van der Waals surface area contributed by atoms with Crippen molar-refractivity contribution in [3.8, 4) is 0 Å². The molecule has 2 atom stereocenters. The average molecular weight is 246 g/mol. The highest BCUT2D eigenvalue weighted by atomic mass is 32.2. The van der Waals surface area contributed by atoms with Crippen LogP contribution in [0.5, 0.6) is 0 Å². The van der Waals surface area contributed by atoms with Gasteiger partial charge in [0.1, 0.15) is 10.3 Å². The molecule has 0 aliphatic carbocycles. The lowest BCUT2D eigenvalue weighted by Gasteiger charge is -2.04. The van der Waals surface area contributed by atoms with Gasteiger partial charge in [-0.3, -0.25) is 0 Å². The number of hydrogen-bond donors (Lipinski definition) is 1. The van der Waals surface area contributed by atoms with Gasteiger partial charge in [-0.05, 0) is 19.8 Å². The Hall–Kier alpha value is -0.460. The quantitative estimate of drug-likeness (QED) is 0.856. The minimum Gasteiger partial charge on any atom is -0.323 e. The van der Waals surface area contributed by atoms with Crippen molar-refractivity contribution >= 4 is 21.2 Å². The molecule has 15 heavy (non-hydrogen) atoms. The first-order chi connectivity index (χ1) is 7.00. The third kappa shape index (κ3) is 2.07. The molecule has 0 amide bonds.